The van der Waals surface area contributed by atoms with Gasteiger partial charge in [0.1, 0.15) is 6.04 Å². The number of benzene rings is 2. The van der Waals surface area contributed by atoms with Gasteiger partial charge >= 0.3 is 6.03 Å². The highest BCUT2D eigenvalue weighted by molar-refractivity contribution is 6.31. The third kappa shape index (κ3) is 4.20. The molecular formula is C25H27ClN4O3. The van der Waals surface area contributed by atoms with Crippen LogP contribution in [0.2, 0.25) is 5.02 Å². The molecule has 2 heterocycles. The minimum Gasteiger partial charge on any atom is -0.326 e. The summed E-state index contributed by atoms with van der Waals surface area (Å²) in [6.07, 6.45) is 0. The van der Waals surface area contributed by atoms with Crippen molar-refractivity contribution in [2.75, 3.05) is 18.9 Å². The molecule has 0 saturated heterocycles. The fourth-order valence-corrected chi connectivity index (χ4v) is 4.43. The lowest BCUT2D eigenvalue weighted by atomic mass is 9.95. The second-order valence-electron chi connectivity index (χ2n) is 8.70. The number of nitrogens with zero attached hydrogens (tertiary/aromatic N) is 2. The van der Waals surface area contributed by atoms with Crippen LogP contribution in [0.3, 0.4) is 0 Å². The van der Waals surface area contributed by atoms with E-state index in [2.05, 4.69) is 24.5 Å². The van der Waals surface area contributed by atoms with E-state index in [4.69, 9.17) is 11.6 Å². The summed E-state index contributed by atoms with van der Waals surface area (Å²) >= 11 is 6.37. The molecule has 0 aliphatic carbocycles. The number of nitrogens with one attached hydrogen (secondary N) is 2. The number of likely N-dealkylation sites (N-methyl/N-ethyl adjacent to an activating group) is 1. The summed E-state index contributed by atoms with van der Waals surface area (Å²) in [6.45, 7) is 6.07. The molecule has 8 heteroatoms. The second-order valence-corrected chi connectivity index (χ2v) is 9.11. The number of anilines is 1. The largest absolute Gasteiger partial charge is 0.326 e. The normalized spacial score (nSPS) is 19.0. The molecule has 33 heavy (non-hydrogen) atoms. The van der Waals surface area contributed by atoms with Gasteiger partial charge in [-0.05, 0) is 42.2 Å². The van der Waals surface area contributed by atoms with Crippen LogP contribution in [0, 0.1) is 0 Å². The van der Waals surface area contributed by atoms with Crippen LogP contribution in [0.4, 0.5) is 10.5 Å². The molecule has 2 atom stereocenters. The fourth-order valence-electron chi connectivity index (χ4n) is 4.18. The van der Waals surface area contributed by atoms with Crippen LogP contribution >= 0.6 is 11.6 Å². The Hall–Kier alpha value is -3.32. The maximum Gasteiger partial charge on any atom is 0.322 e. The first-order chi connectivity index (χ1) is 15.7. The van der Waals surface area contributed by atoms with Gasteiger partial charge in [0.25, 0.3) is 5.91 Å². The van der Waals surface area contributed by atoms with Crippen molar-refractivity contribution in [3.8, 4) is 0 Å². The molecule has 2 aromatic carbocycles. The molecular weight excluding hydrogens is 440 g/mol. The Morgan fingerprint density at radius 2 is 1.76 bits per heavy atom. The summed E-state index contributed by atoms with van der Waals surface area (Å²) in [6, 6.07) is 13.1. The van der Waals surface area contributed by atoms with E-state index in [1.54, 1.807) is 32.2 Å². The molecule has 2 aliphatic heterocycles. The van der Waals surface area contributed by atoms with Crippen molar-refractivity contribution in [3.63, 3.8) is 0 Å². The topological polar surface area (TPSA) is 81.8 Å². The molecule has 2 aliphatic rings. The predicted octanol–water partition coefficient (Wildman–Crippen LogP) is 4.28. The lowest BCUT2D eigenvalue weighted by Gasteiger charge is -2.31. The third-order valence-electron chi connectivity index (χ3n) is 6.30. The van der Waals surface area contributed by atoms with Crippen molar-refractivity contribution in [2.45, 2.75) is 38.8 Å². The second kappa shape index (κ2) is 8.90. The van der Waals surface area contributed by atoms with E-state index in [0.29, 0.717) is 33.5 Å². The molecule has 0 fully saturated rings. The van der Waals surface area contributed by atoms with Crippen LogP contribution in [-0.4, -0.2) is 47.3 Å². The fraction of sp³-hybridized carbons (Fsp3) is 0.320. The summed E-state index contributed by atoms with van der Waals surface area (Å²) in [7, 11) is 1.62. The Balaban J connectivity index is 1.56. The van der Waals surface area contributed by atoms with Gasteiger partial charge in [-0.3, -0.25) is 14.5 Å². The lowest BCUT2D eigenvalue weighted by Crippen LogP contribution is -2.45. The van der Waals surface area contributed by atoms with Crippen LogP contribution < -0.4 is 10.6 Å². The quantitative estimate of drug-likeness (QED) is 0.689. The SMILES string of the molecule is CC(C)c1ccc(NC(=O)[C@H](C)N2CC3=C(C2=O)[C@H](c2ccccc2Cl)NC(=O)N3C)cc1. The monoisotopic (exact) mass is 466 g/mol. The van der Waals surface area contributed by atoms with Crippen LogP contribution in [0.25, 0.3) is 0 Å². The van der Waals surface area contributed by atoms with E-state index in [-0.39, 0.29) is 24.4 Å². The molecule has 0 aromatic heterocycles. The standard InChI is InChI=1S/C25H27ClN4O3/c1-14(2)16-9-11-17(12-10-16)27-23(31)15(3)30-13-20-21(24(30)32)22(28-25(33)29(20)4)18-7-5-6-8-19(18)26/h5-12,14-15,22H,13H2,1-4H3,(H,27,31)(H,28,33)/t15-,22-/m0/s1. The van der Waals surface area contributed by atoms with Crippen molar-refractivity contribution < 1.29 is 14.4 Å². The van der Waals surface area contributed by atoms with E-state index in [9.17, 15) is 14.4 Å². The number of carbonyl (C=O) groups is 3. The van der Waals surface area contributed by atoms with Gasteiger partial charge in [-0.25, -0.2) is 4.79 Å². The van der Waals surface area contributed by atoms with Crippen molar-refractivity contribution >= 4 is 35.1 Å². The highest BCUT2D eigenvalue weighted by Gasteiger charge is 2.45. The number of halogens is 1. The minimum absolute atomic E-state index is 0.167. The molecule has 2 N–H and O–H groups in total. The zero-order valence-corrected chi connectivity index (χ0v) is 19.8. The van der Waals surface area contributed by atoms with E-state index in [1.165, 1.54) is 15.4 Å². The smallest absolute Gasteiger partial charge is 0.322 e. The van der Waals surface area contributed by atoms with Crippen LogP contribution in [0.1, 0.15) is 43.9 Å². The van der Waals surface area contributed by atoms with E-state index >= 15 is 0 Å². The zero-order chi connectivity index (χ0) is 23.9. The van der Waals surface area contributed by atoms with Crippen LogP contribution in [0.5, 0.6) is 0 Å². The molecule has 0 radical (unpaired) electrons. The molecule has 172 valence electrons. The summed E-state index contributed by atoms with van der Waals surface area (Å²) in [5, 5.41) is 6.21. The van der Waals surface area contributed by atoms with Crippen LogP contribution in [0.15, 0.2) is 59.8 Å². The Morgan fingerprint density at radius 1 is 1.09 bits per heavy atom. The highest BCUT2D eigenvalue weighted by atomic mass is 35.5. The highest BCUT2D eigenvalue weighted by Crippen LogP contribution is 2.38. The van der Waals surface area contributed by atoms with Crippen molar-refractivity contribution in [1.29, 1.82) is 0 Å². The Kier molecular flexibility index (Phi) is 6.17. The average Bonchev–Trinajstić information content (AvgIpc) is 3.14. The maximum absolute atomic E-state index is 13.5. The molecule has 7 nitrogen and oxygen atoms in total. The summed E-state index contributed by atoms with van der Waals surface area (Å²) in [5.41, 5.74) is 3.51. The first-order valence-corrected chi connectivity index (χ1v) is 11.3. The Labute approximate surface area is 198 Å². The Morgan fingerprint density at radius 3 is 2.39 bits per heavy atom. The number of carbonyl (C=O) groups excluding carboxylic acids is 3. The van der Waals surface area contributed by atoms with E-state index < -0.39 is 12.1 Å². The maximum atomic E-state index is 13.5. The number of rotatable bonds is 5. The number of hydrogen-bond donors (Lipinski definition) is 2. The predicted molar refractivity (Wildman–Crippen MR) is 128 cm³/mol. The third-order valence-corrected chi connectivity index (χ3v) is 6.64. The van der Waals surface area contributed by atoms with E-state index in [1.807, 2.05) is 30.3 Å². The lowest BCUT2D eigenvalue weighted by molar-refractivity contribution is -0.133. The first kappa shape index (κ1) is 22.9. The zero-order valence-electron chi connectivity index (χ0n) is 19.1. The Bertz CT molecular complexity index is 1140. The minimum atomic E-state index is -0.733. The number of hydrogen-bond acceptors (Lipinski definition) is 3. The van der Waals surface area contributed by atoms with Gasteiger partial charge in [-0.2, -0.15) is 0 Å². The van der Waals surface area contributed by atoms with Gasteiger partial charge in [0, 0.05) is 17.8 Å². The first-order valence-electron chi connectivity index (χ1n) is 10.9. The summed E-state index contributed by atoms with van der Waals surface area (Å²) in [4.78, 5) is 42.0. The van der Waals surface area contributed by atoms with Crippen molar-refractivity contribution in [3.05, 3.63) is 76.0 Å². The van der Waals surface area contributed by atoms with Gasteiger partial charge in [0.15, 0.2) is 0 Å². The molecule has 4 amide bonds. The molecule has 0 saturated carbocycles. The summed E-state index contributed by atoms with van der Waals surface area (Å²) in [5.74, 6) is -0.191. The summed E-state index contributed by atoms with van der Waals surface area (Å²) < 4.78 is 0. The molecule has 0 unspecified atom stereocenters. The van der Waals surface area contributed by atoms with Gasteiger partial charge in [-0.15, -0.1) is 0 Å². The van der Waals surface area contributed by atoms with Gasteiger partial charge in [0.05, 0.1) is 23.9 Å². The number of urea groups is 1. The van der Waals surface area contributed by atoms with E-state index in [0.717, 1.165) is 0 Å². The number of amides is 4. The van der Waals surface area contributed by atoms with Crippen molar-refractivity contribution in [2.24, 2.45) is 0 Å². The van der Waals surface area contributed by atoms with Crippen LogP contribution in [-0.2, 0) is 9.59 Å². The molecule has 4 rings (SSSR count). The molecule has 2 aromatic rings. The van der Waals surface area contributed by atoms with Crippen molar-refractivity contribution in [1.82, 2.24) is 15.1 Å². The average molecular weight is 467 g/mol. The van der Waals surface area contributed by atoms with Gasteiger partial charge in [-0.1, -0.05) is 55.8 Å². The van der Waals surface area contributed by atoms with Gasteiger partial charge < -0.3 is 15.5 Å². The molecule has 0 bridgehead atoms. The van der Waals surface area contributed by atoms with Gasteiger partial charge in [0.2, 0.25) is 5.91 Å². The molecule has 0 spiro atoms.